The molecule has 0 unspecified atom stereocenters. The minimum atomic E-state index is 0.344. The van der Waals surface area contributed by atoms with Crippen LogP contribution in [0.2, 0.25) is 5.02 Å². The topological polar surface area (TPSA) is 81.4 Å². The SMILES string of the molecule is COc1cc(OC)c(NC(=S)Nc2ccc(N)cn2)cc1Cl. The van der Waals surface area contributed by atoms with Crippen LogP contribution in [-0.2, 0) is 0 Å². The predicted molar refractivity (Wildman–Crippen MR) is 93.0 cm³/mol. The standard InChI is InChI=1S/C14H15ClN4O2S/c1-20-11-6-12(21-2)10(5-9(11)15)18-14(22)19-13-4-3-8(16)7-17-13/h3-7H,16H2,1-2H3,(H2,17,18,19,22). The lowest BCUT2D eigenvalue weighted by molar-refractivity contribution is 0.396. The molecule has 1 heterocycles. The lowest BCUT2D eigenvalue weighted by Crippen LogP contribution is -2.20. The number of nitrogens with zero attached hydrogens (tertiary/aromatic N) is 1. The minimum Gasteiger partial charge on any atom is -0.495 e. The van der Waals surface area contributed by atoms with Gasteiger partial charge in [-0.15, -0.1) is 0 Å². The van der Waals surface area contributed by atoms with E-state index in [1.54, 1.807) is 31.4 Å². The van der Waals surface area contributed by atoms with E-state index in [0.29, 0.717) is 38.8 Å². The van der Waals surface area contributed by atoms with Gasteiger partial charge in [0.2, 0.25) is 0 Å². The lowest BCUT2D eigenvalue weighted by Gasteiger charge is -2.15. The van der Waals surface area contributed by atoms with Gasteiger partial charge in [-0.1, -0.05) is 11.6 Å². The number of aromatic nitrogens is 1. The van der Waals surface area contributed by atoms with Gasteiger partial charge in [-0.25, -0.2) is 4.98 Å². The highest BCUT2D eigenvalue weighted by atomic mass is 35.5. The van der Waals surface area contributed by atoms with Crippen molar-refractivity contribution in [3.8, 4) is 11.5 Å². The smallest absolute Gasteiger partial charge is 0.176 e. The van der Waals surface area contributed by atoms with Crippen LogP contribution in [0.3, 0.4) is 0 Å². The Balaban J connectivity index is 2.14. The molecule has 1 aromatic heterocycles. The third-order valence-corrected chi connectivity index (χ3v) is 3.25. The Kier molecular flexibility index (Phi) is 5.24. The third-order valence-electron chi connectivity index (χ3n) is 2.75. The average molecular weight is 339 g/mol. The number of ether oxygens (including phenoxy) is 2. The third kappa shape index (κ3) is 3.90. The van der Waals surface area contributed by atoms with E-state index in [1.807, 2.05) is 0 Å². The van der Waals surface area contributed by atoms with Gasteiger partial charge in [0, 0.05) is 6.07 Å². The van der Waals surface area contributed by atoms with Gasteiger partial charge >= 0.3 is 0 Å². The number of methoxy groups -OCH3 is 2. The fourth-order valence-corrected chi connectivity index (χ4v) is 2.16. The number of rotatable bonds is 4. The van der Waals surface area contributed by atoms with Gasteiger partial charge in [0.1, 0.15) is 17.3 Å². The fourth-order valence-electron chi connectivity index (χ4n) is 1.71. The number of benzene rings is 1. The number of pyridine rings is 1. The maximum absolute atomic E-state index is 6.11. The number of nitrogen functional groups attached to an aromatic ring is 1. The highest BCUT2D eigenvalue weighted by Crippen LogP contribution is 2.35. The van der Waals surface area contributed by atoms with E-state index in [4.69, 9.17) is 39.0 Å². The molecule has 0 saturated carbocycles. The molecule has 0 radical (unpaired) electrons. The molecule has 0 saturated heterocycles. The summed E-state index contributed by atoms with van der Waals surface area (Å²) in [6, 6.07) is 6.79. The van der Waals surface area contributed by atoms with Gasteiger partial charge in [0.05, 0.1) is 36.8 Å². The fraction of sp³-hybridized carbons (Fsp3) is 0.143. The molecular weight excluding hydrogens is 324 g/mol. The number of thiocarbonyl (C=S) groups is 1. The molecule has 0 aliphatic carbocycles. The van der Waals surface area contributed by atoms with E-state index in [0.717, 1.165) is 0 Å². The van der Waals surface area contributed by atoms with Gasteiger partial charge in [-0.3, -0.25) is 0 Å². The first-order valence-corrected chi connectivity index (χ1v) is 7.03. The number of halogens is 1. The summed E-state index contributed by atoms with van der Waals surface area (Å²) in [6.45, 7) is 0. The van der Waals surface area contributed by atoms with Gasteiger partial charge in [-0.2, -0.15) is 0 Å². The molecule has 2 aromatic rings. The normalized spacial score (nSPS) is 9.95. The first-order chi connectivity index (χ1) is 10.5. The Morgan fingerprint density at radius 2 is 1.91 bits per heavy atom. The summed E-state index contributed by atoms with van der Waals surface area (Å²) in [6.07, 6.45) is 1.54. The monoisotopic (exact) mass is 338 g/mol. The van der Waals surface area contributed by atoms with Crippen molar-refractivity contribution >= 4 is 46.1 Å². The Morgan fingerprint density at radius 3 is 2.50 bits per heavy atom. The van der Waals surface area contributed by atoms with E-state index < -0.39 is 0 Å². The van der Waals surface area contributed by atoms with Crippen LogP contribution in [0, 0.1) is 0 Å². The maximum Gasteiger partial charge on any atom is 0.176 e. The molecule has 116 valence electrons. The second-order valence-corrected chi connectivity index (χ2v) is 5.06. The van der Waals surface area contributed by atoms with Crippen molar-refractivity contribution < 1.29 is 9.47 Å². The summed E-state index contributed by atoms with van der Waals surface area (Å²) >= 11 is 11.3. The zero-order valence-electron chi connectivity index (χ0n) is 12.0. The molecule has 0 aliphatic rings. The number of nitrogens with one attached hydrogen (secondary N) is 2. The van der Waals surface area contributed by atoms with Gasteiger partial charge in [-0.05, 0) is 30.4 Å². The van der Waals surface area contributed by atoms with Crippen molar-refractivity contribution in [2.75, 3.05) is 30.6 Å². The van der Waals surface area contributed by atoms with E-state index in [1.165, 1.54) is 13.3 Å². The summed E-state index contributed by atoms with van der Waals surface area (Å²) in [5, 5.41) is 6.73. The molecule has 0 spiro atoms. The van der Waals surface area contributed by atoms with E-state index in [9.17, 15) is 0 Å². The Labute approximate surface area is 138 Å². The Morgan fingerprint density at radius 1 is 1.18 bits per heavy atom. The van der Waals surface area contributed by atoms with Crippen molar-refractivity contribution in [3.05, 3.63) is 35.5 Å². The highest BCUT2D eigenvalue weighted by Gasteiger charge is 2.11. The van der Waals surface area contributed by atoms with Gasteiger partial charge in [0.25, 0.3) is 0 Å². The van der Waals surface area contributed by atoms with Crippen molar-refractivity contribution in [2.24, 2.45) is 0 Å². The summed E-state index contributed by atoms with van der Waals surface area (Å²) in [7, 11) is 3.08. The zero-order valence-corrected chi connectivity index (χ0v) is 13.6. The molecule has 0 atom stereocenters. The lowest BCUT2D eigenvalue weighted by atomic mass is 10.2. The van der Waals surface area contributed by atoms with Crippen LogP contribution in [0.15, 0.2) is 30.5 Å². The molecule has 0 fully saturated rings. The van der Waals surface area contributed by atoms with Crippen molar-refractivity contribution in [1.82, 2.24) is 4.98 Å². The number of anilines is 3. The first-order valence-electron chi connectivity index (χ1n) is 6.24. The molecule has 0 amide bonds. The van der Waals surface area contributed by atoms with E-state index >= 15 is 0 Å². The predicted octanol–water partition coefficient (Wildman–Crippen LogP) is 3.14. The van der Waals surface area contributed by atoms with Crippen LogP contribution in [0.4, 0.5) is 17.2 Å². The second-order valence-electron chi connectivity index (χ2n) is 4.24. The quantitative estimate of drug-likeness (QED) is 0.739. The van der Waals surface area contributed by atoms with Crippen molar-refractivity contribution in [2.45, 2.75) is 0 Å². The molecule has 4 N–H and O–H groups in total. The van der Waals surface area contributed by atoms with Gasteiger partial charge in [0.15, 0.2) is 5.11 Å². The van der Waals surface area contributed by atoms with Crippen LogP contribution in [-0.4, -0.2) is 24.3 Å². The molecule has 0 bridgehead atoms. The summed E-state index contributed by atoms with van der Waals surface area (Å²) < 4.78 is 10.4. The van der Waals surface area contributed by atoms with E-state index in [-0.39, 0.29) is 0 Å². The van der Waals surface area contributed by atoms with Crippen LogP contribution in [0.5, 0.6) is 11.5 Å². The number of hydrogen-bond donors (Lipinski definition) is 3. The summed E-state index contributed by atoms with van der Waals surface area (Å²) in [4.78, 5) is 4.11. The molecule has 2 rings (SSSR count). The molecular formula is C14H15ClN4O2S. The Bertz CT molecular complexity index is 679. The largest absolute Gasteiger partial charge is 0.495 e. The summed E-state index contributed by atoms with van der Waals surface area (Å²) in [5.74, 6) is 1.64. The van der Waals surface area contributed by atoms with E-state index in [2.05, 4.69) is 15.6 Å². The maximum atomic E-state index is 6.11. The van der Waals surface area contributed by atoms with Crippen LogP contribution in [0.25, 0.3) is 0 Å². The Hall–Kier alpha value is -2.25. The van der Waals surface area contributed by atoms with Crippen molar-refractivity contribution in [3.63, 3.8) is 0 Å². The van der Waals surface area contributed by atoms with Crippen LogP contribution < -0.4 is 25.8 Å². The highest BCUT2D eigenvalue weighted by molar-refractivity contribution is 7.80. The molecule has 1 aromatic carbocycles. The first kappa shape index (κ1) is 16.1. The minimum absolute atomic E-state index is 0.344. The van der Waals surface area contributed by atoms with Crippen LogP contribution >= 0.6 is 23.8 Å². The second kappa shape index (κ2) is 7.15. The van der Waals surface area contributed by atoms with Gasteiger partial charge < -0.3 is 25.8 Å². The molecule has 22 heavy (non-hydrogen) atoms. The number of hydrogen-bond acceptors (Lipinski definition) is 5. The van der Waals surface area contributed by atoms with Crippen LogP contribution in [0.1, 0.15) is 0 Å². The molecule has 0 aliphatic heterocycles. The average Bonchev–Trinajstić information content (AvgIpc) is 2.50. The zero-order chi connectivity index (χ0) is 16.1. The molecule has 8 heteroatoms. The number of nitrogens with two attached hydrogens (primary N) is 1. The summed E-state index contributed by atoms with van der Waals surface area (Å²) in [5.41, 5.74) is 6.77. The molecule has 6 nitrogen and oxygen atoms in total. The van der Waals surface area contributed by atoms with Crippen molar-refractivity contribution in [1.29, 1.82) is 0 Å².